The minimum absolute atomic E-state index is 0.0111. The largest absolute Gasteiger partial charge is 0.348 e. The predicted molar refractivity (Wildman–Crippen MR) is 102 cm³/mol. The highest BCUT2D eigenvalue weighted by Gasteiger charge is 2.24. The zero-order valence-electron chi connectivity index (χ0n) is 15.7. The summed E-state index contributed by atoms with van der Waals surface area (Å²) in [6.45, 7) is 4.41. The van der Waals surface area contributed by atoms with Crippen molar-refractivity contribution in [3.8, 4) is 0 Å². The Kier molecular flexibility index (Phi) is 5.99. The first-order valence-corrected chi connectivity index (χ1v) is 11.3. The number of rotatable bonds is 5. The van der Waals surface area contributed by atoms with Gasteiger partial charge >= 0.3 is 0 Å². The molecule has 1 aliphatic carbocycles. The Morgan fingerprint density at radius 3 is 2.42 bits per heavy atom. The molecule has 1 aromatic carbocycles. The number of sulfonamides is 1. The number of piperazine rings is 1. The Hall–Kier alpha value is -1.44. The van der Waals surface area contributed by atoms with Crippen LogP contribution >= 0.6 is 0 Å². The van der Waals surface area contributed by atoms with Crippen LogP contribution in [0.3, 0.4) is 0 Å². The molecule has 1 saturated heterocycles. The van der Waals surface area contributed by atoms with Gasteiger partial charge in [-0.1, -0.05) is 18.2 Å². The third-order valence-corrected chi connectivity index (χ3v) is 6.72. The summed E-state index contributed by atoms with van der Waals surface area (Å²) in [4.78, 5) is 14.4. The standard InChI is InChI=1S/C19H29N3O3S/c1-15(17-8-7-16-5-3-4-6-18(16)13-17)20-19(23)14-21-9-11-22(12-10-21)26(2,24)25/h7-8,13,15H,3-6,9-12,14H2,1-2H3,(H,20,23). The summed E-state index contributed by atoms with van der Waals surface area (Å²) >= 11 is 0. The van der Waals surface area contributed by atoms with Crippen molar-refractivity contribution in [1.29, 1.82) is 0 Å². The minimum Gasteiger partial charge on any atom is -0.348 e. The molecule has 0 radical (unpaired) electrons. The number of amides is 1. The first-order valence-electron chi connectivity index (χ1n) is 9.41. The summed E-state index contributed by atoms with van der Waals surface area (Å²) in [7, 11) is -3.13. The predicted octanol–water partition coefficient (Wildman–Crippen LogP) is 1.32. The Balaban J connectivity index is 1.50. The molecule has 0 aromatic heterocycles. The zero-order chi connectivity index (χ0) is 18.7. The lowest BCUT2D eigenvalue weighted by Crippen LogP contribution is -2.50. The van der Waals surface area contributed by atoms with Crippen molar-refractivity contribution in [2.45, 2.75) is 38.6 Å². The lowest BCUT2D eigenvalue weighted by Gasteiger charge is -2.33. The number of hydrogen-bond donors (Lipinski definition) is 1. The van der Waals surface area contributed by atoms with Crippen LogP contribution < -0.4 is 5.32 Å². The summed E-state index contributed by atoms with van der Waals surface area (Å²) in [6.07, 6.45) is 6.04. The topological polar surface area (TPSA) is 69.7 Å². The van der Waals surface area contributed by atoms with Crippen LogP contribution in [0.4, 0.5) is 0 Å². The maximum atomic E-state index is 12.4. The van der Waals surface area contributed by atoms with Crippen molar-refractivity contribution in [3.63, 3.8) is 0 Å². The Bertz CT molecular complexity index is 755. The maximum Gasteiger partial charge on any atom is 0.234 e. The fourth-order valence-electron chi connectivity index (χ4n) is 3.82. The van der Waals surface area contributed by atoms with Gasteiger partial charge in [0, 0.05) is 26.2 Å². The molecule has 1 aromatic rings. The van der Waals surface area contributed by atoms with E-state index in [0.29, 0.717) is 32.7 Å². The Labute approximate surface area is 156 Å². The fraction of sp³-hybridized carbons (Fsp3) is 0.632. The van der Waals surface area contributed by atoms with E-state index in [1.165, 1.54) is 34.5 Å². The highest BCUT2D eigenvalue weighted by molar-refractivity contribution is 7.88. The molecule has 1 N–H and O–H groups in total. The van der Waals surface area contributed by atoms with Gasteiger partial charge in [-0.15, -0.1) is 0 Å². The number of fused-ring (bicyclic) bond motifs is 1. The van der Waals surface area contributed by atoms with E-state index in [4.69, 9.17) is 0 Å². The summed E-state index contributed by atoms with van der Waals surface area (Å²) in [5.41, 5.74) is 4.02. The normalized spacial score (nSPS) is 20.4. The average Bonchev–Trinajstić information content (AvgIpc) is 2.61. The van der Waals surface area contributed by atoms with Gasteiger partial charge < -0.3 is 5.32 Å². The Morgan fingerprint density at radius 2 is 1.77 bits per heavy atom. The SMILES string of the molecule is CC(NC(=O)CN1CCN(S(C)(=O)=O)CC1)c1ccc2c(c1)CCCC2. The van der Waals surface area contributed by atoms with Crippen LogP contribution in [0.2, 0.25) is 0 Å². The number of benzene rings is 1. The smallest absolute Gasteiger partial charge is 0.234 e. The molecule has 0 bridgehead atoms. The third-order valence-electron chi connectivity index (χ3n) is 5.42. The summed E-state index contributed by atoms with van der Waals surface area (Å²) < 4.78 is 24.6. The molecule has 6 nitrogen and oxygen atoms in total. The molecule has 1 atom stereocenters. The second-order valence-electron chi connectivity index (χ2n) is 7.46. The molecule has 1 fully saturated rings. The van der Waals surface area contributed by atoms with Crippen molar-refractivity contribution in [1.82, 2.24) is 14.5 Å². The minimum atomic E-state index is -3.13. The van der Waals surface area contributed by atoms with Crippen molar-refractivity contribution in [2.24, 2.45) is 0 Å². The molecule has 1 heterocycles. The number of carbonyl (C=O) groups excluding carboxylic acids is 1. The van der Waals surface area contributed by atoms with Gasteiger partial charge in [-0.3, -0.25) is 9.69 Å². The van der Waals surface area contributed by atoms with Crippen LogP contribution in [0.25, 0.3) is 0 Å². The first kappa shape index (κ1) is 19.3. The van der Waals surface area contributed by atoms with E-state index < -0.39 is 10.0 Å². The third kappa shape index (κ3) is 4.84. The highest BCUT2D eigenvalue weighted by atomic mass is 32.2. The molecular formula is C19H29N3O3S. The second kappa shape index (κ2) is 8.06. The van der Waals surface area contributed by atoms with Crippen LogP contribution in [-0.4, -0.2) is 62.5 Å². The molecule has 26 heavy (non-hydrogen) atoms. The Morgan fingerprint density at radius 1 is 1.12 bits per heavy atom. The molecule has 2 aliphatic rings. The molecule has 3 rings (SSSR count). The number of aryl methyl sites for hydroxylation is 2. The van der Waals surface area contributed by atoms with E-state index in [2.05, 4.69) is 23.5 Å². The van der Waals surface area contributed by atoms with E-state index in [1.54, 1.807) is 0 Å². The van der Waals surface area contributed by atoms with E-state index in [1.807, 2.05) is 11.8 Å². The fourth-order valence-corrected chi connectivity index (χ4v) is 4.64. The van der Waals surface area contributed by atoms with Gasteiger partial charge in [0.2, 0.25) is 15.9 Å². The second-order valence-corrected chi connectivity index (χ2v) is 9.45. The summed E-state index contributed by atoms with van der Waals surface area (Å²) in [6, 6.07) is 6.55. The molecule has 0 spiro atoms. The van der Waals surface area contributed by atoms with E-state index in [0.717, 1.165) is 18.4 Å². The van der Waals surface area contributed by atoms with Crippen molar-refractivity contribution >= 4 is 15.9 Å². The van der Waals surface area contributed by atoms with Gasteiger partial charge in [0.25, 0.3) is 0 Å². The summed E-state index contributed by atoms with van der Waals surface area (Å²) in [5, 5.41) is 3.08. The van der Waals surface area contributed by atoms with Crippen molar-refractivity contribution < 1.29 is 13.2 Å². The van der Waals surface area contributed by atoms with Crippen LogP contribution in [0.5, 0.6) is 0 Å². The van der Waals surface area contributed by atoms with Crippen LogP contribution in [0, 0.1) is 0 Å². The van der Waals surface area contributed by atoms with Crippen LogP contribution in [-0.2, 0) is 27.7 Å². The van der Waals surface area contributed by atoms with E-state index >= 15 is 0 Å². The molecule has 0 saturated carbocycles. The van der Waals surface area contributed by atoms with Gasteiger partial charge in [-0.25, -0.2) is 8.42 Å². The van der Waals surface area contributed by atoms with Gasteiger partial charge in [0.05, 0.1) is 18.8 Å². The number of nitrogens with zero attached hydrogens (tertiary/aromatic N) is 2. The van der Waals surface area contributed by atoms with E-state index in [-0.39, 0.29) is 11.9 Å². The van der Waals surface area contributed by atoms with Gasteiger partial charge in [-0.05, 0) is 49.3 Å². The van der Waals surface area contributed by atoms with Crippen LogP contribution in [0.15, 0.2) is 18.2 Å². The highest BCUT2D eigenvalue weighted by Crippen LogP contribution is 2.24. The number of hydrogen-bond acceptors (Lipinski definition) is 4. The maximum absolute atomic E-state index is 12.4. The lowest BCUT2D eigenvalue weighted by molar-refractivity contribution is -0.123. The van der Waals surface area contributed by atoms with Gasteiger partial charge in [-0.2, -0.15) is 4.31 Å². The first-order chi connectivity index (χ1) is 12.3. The van der Waals surface area contributed by atoms with Crippen molar-refractivity contribution in [3.05, 3.63) is 34.9 Å². The molecule has 144 valence electrons. The number of nitrogens with one attached hydrogen (secondary N) is 1. The lowest BCUT2D eigenvalue weighted by atomic mass is 9.89. The average molecular weight is 380 g/mol. The van der Waals surface area contributed by atoms with E-state index in [9.17, 15) is 13.2 Å². The quantitative estimate of drug-likeness (QED) is 0.838. The number of carbonyl (C=O) groups is 1. The summed E-state index contributed by atoms with van der Waals surface area (Å²) in [5.74, 6) is -0.0111. The molecule has 1 aliphatic heterocycles. The van der Waals surface area contributed by atoms with Gasteiger partial charge in [0.1, 0.15) is 0 Å². The molecular weight excluding hydrogens is 350 g/mol. The molecule has 1 unspecified atom stereocenters. The molecule has 7 heteroatoms. The van der Waals surface area contributed by atoms with Gasteiger partial charge in [0.15, 0.2) is 0 Å². The van der Waals surface area contributed by atoms with Crippen molar-refractivity contribution in [2.75, 3.05) is 39.0 Å². The molecule has 1 amide bonds. The zero-order valence-corrected chi connectivity index (χ0v) is 16.5. The van der Waals surface area contributed by atoms with Crippen LogP contribution in [0.1, 0.15) is 42.5 Å². The monoisotopic (exact) mass is 379 g/mol.